The Hall–Kier alpha value is -2.82. The van der Waals surface area contributed by atoms with Crippen molar-refractivity contribution in [2.24, 2.45) is 0 Å². The Labute approximate surface area is 154 Å². The number of nitrogens with one attached hydrogen (secondary N) is 2. The van der Waals surface area contributed by atoms with Crippen molar-refractivity contribution in [2.45, 2.75) is 46.3 Å². The summed E-state index contributed by atoms with van der Waals surface area (Å²) in [5.41, 5.74) is 1.42. The molecule has 0 aliphatic rings. The average molecular weight is 354 g/mol. The normalized spacial score (nSPS) is 11.2. The Morgan fingerprint density at radius 2 is 1.35 bits per heavy atom. The van der Waals surface area contributed by atoms with E-state index in [1.54, 1.807) is 48.5 Å². The zero-order valence-corrected chi connectivity index (χ0v) is 15.9. The molecule has 2 amide bonds. The number of carbonyl (C=O) groups is 2. The van der Waals surface area contributed by atoms with E-state index in [1.165, 1.54) is 0 Å². The number of hydrogen-bond donors (Lipinski definition) is 2. The average Bonchev–Trinajstić information content (AvgIpc) is 2.54. The third kappa shape index (κ3) is 5.92. The van der Waals surface area contributed by atoms with Crippen molar-refractivity contribution in [1.82, 2.24) is 5.32 Å². The number of carbonyl (C=O) groups excluding carboxylic acids is 2. The van der Waals surface area contributed by atoms with E-state index < -0.39 is 0 Å². The molecule has 0 unspecified atom stereocenters. The molecule has 0 aliphatic heterocycles. The maximum atomic E-state index is 12.3. The molecule has 26 heavy (non-hydrogen) atoms. The monoisotopic (exact) mass is 354 g/mol. The van der Waals surface area contributed by atoms with Crippen LogP contribution in [0.2, 0.25) is 0 Å². The van der Waals surface area contributed by atoms with E-state index in [-0.39, 0.29) is 23.5 Å². The van der Waals surface area contributed by atoms with E-state index in [4.69, 9.17) is 4.74 Å². The second-order valence-electron chi connectivity index (χ2n) is 7.43. The summed E-state index contributed by atoms with van der Waals surface area (Å²) in [6.07, 6.45) is 0.0867. The van der Waals surface area contributed by atoms with Gasteiger partial charge in [0, 0.05) is 22.4 Å². The van der Waals surface area contributed by atoms with Gasteiger partial charge in [0.1, 0.15) is 5.75 Å². The van der Waals surface area contributed by atoms with Crippen molar-refractivity contribution in [3.8, 4) is 5.75 Å². The predicted octanol–water partition coefficient (Wildman–Crippen LogP) is 4.25. The van der Waals surface area contributed by atoms with Gasteiger partial charge in [-0.05, 0) is 83.1 Å². The second-order valence-corrected chi connectivity index (χ2v) is 7.43. The number of benzene rings is 2. The number of hydrogen-bond acceptors (Lipinski definition) is 3. The van der Waals surface area contributed by atoms with Crippen molar-refractivity contribution in [3.63, 3.8) is 0 Å². The minimum atomic E-state index is -0.296. The summed E-state index contributed by atoms with van der Waals surface area (Å²) in [6, 6.07) is 13.8. The van der Waals surface area contributed by atoms with E-state index in [0.29, 0.717) is 16.8 Å². The van der Waals surface area contributed by atoms with Crippen LogP contribution in [-0.4, -0.2) is 23.5 Å². The topological polar surface area (TPSA) is 67.4 Å². The van der Waals surface area contributed by atoms with Crippen LogP contribution in [0, 0.1) is 0 Å². The van der Waals surface area contributed by atoms with Gasteiger partial charge in [0.25, 0.3) is 11.8 Å². The van der Waals surface area contributed by atoms with Crippen molar-refractivity contribution < 1.29 is 14.3 Å². The van der Waals surface area contributed by atoms with Crippen LogP contribution in [0.5, 0.6) is 5.75 Å². The predicted molar refractivity (Wildman–Crippen MR) is 104 cm³/mol. The molecule has 5 nitrogen and oxygen atoms in total. The van der Waals surface area contributed by atoms with Crippen LogP contribution in [0.15, 0.2) is 48.5 Å². The minimum Gasteiger partial charge on any atom is -0.491 e. The van der Waals surface area contributed by atoms with Crippen LogP contribution in [0.3, 0.4) is 0 Å². The first-order chi connectivity index (χ1) is 12.1. The van der Waals surface area contributed by atoms with Crippen LogP contribution in [0.1, 0.15) is 55.3 Å². The zero-order valence-electron chi connectivity index (χ0n) is 15.9. The number of anilines is 1. The number of rotatable bonds is 5. The van der Waals surface area contributed by atoms with E-state index in [0.717, 1.165) is 5.75 Å². The van der Waals surface area contributed by atoms with Crippen molar-refractivity contribution in [2.75, 3.05) is 5.32 Å². The Bertz CT molecular complexity index is 757. The summed E-state index contributed by atoms with van der Waals surface area (Å²) in [7, 11) is 0. The van der Waals surface area contributed by atoms with Crippen molar-refractivity contribution >= 4 is 17.5 Å². The maximum Gasteiger partial charge on any atom is 0.255 e. The standard InChI is InChI=1S/C21H26N2O3/c1-14(2)26-18-12-8-15(9-13-18)19(24)22-17-10-6-16(7-11-17)20(25)23-21(3,4)5/h6-14H,1-5H3,(H,22,24)(H,23,25). The van der Waals surface area contributed by atoms with Gasteiger partial charge in [0.2, 0.25) is 0 Å². The molecule has 0 saturated heterocycles. The second kappa shape index (κ2) is 8.04. The molecule has 5 heteroatoms. The highest BCUT2D eigenvalue weighted by Crippen LogP contribution is 2.16. The fraction of sp³-hybridized carbons (Fsp3) is 0.333. The third-order valence-electron chi connectivity index (χ3n) is 3.38. The van der Waals surface area contributed by atoms with Crippen LogP contribution < -0.4 is 15.4 Å². The van der Waals surface area contributed by atoms with Crippen molar-refractivity contribution in [1.29, 1.82) is 0 Å². The molecule has 0 aliphatic carbocycles. The molecule has 2 aromatic rings. The molecule has 138 valence electrons. The van der Waals surface area contributed by atoms with Crippen LogP contribution in [0.4, 0.5) is 5.69 Å². The van der Waals surface area contributed by atoms with Crippen molar-refractivity contribution in [3.05, 3.63) is 59.7 Å². The van der Waals surface area contributed by atoms with Gasteiger partial charge in [0.05, 0.1) is 6.10 Å². The van der Waals surface area contributed by atoms with E-state index in [9.17, 15) is 9.59 Å². The van der Waals surface area contributed by atoms with E-state index >= 15 is 0 Å². The summed E-state index contributed by atoms with van der Waals surface area (Å²) in [5, 5.41) is 5.72. The molecule has 2 aromatic carbocycles. The molecule has 0 saturated carbocycles. The molecule has 0 radical (unpaired) electrons. The van der Waals surface area contributed by atoms with Gasteiger partial charge in [-0.15, -0.1) is 0 Å². The van der Waals surface area contributed by atoms with Gasteiger partial charge in [-0.3, -0.25) is 9.59 Å². The molecule has 0 spiro atoms. The largest absolute Gasteiger partial charge is 0.491 e. The first-order valence-corrected chi connectivity index (χ1v) is 8.65. The van der Waals surface area contributed by atoms with Gasteiger partial charge >= 0.3 is 0 Å². The maximum absolute atomic E-state index is 12.3. The zero-order chi connectivity index (χ0) is 19.3. The molecule has 2 rings (SSSR count). The molecule has 0 atom stereocenters. The summed E-state index contributed by atoms with van der Waals surface area (Å²) in [4.78, 5) is 24.4. The fourth-order valence-electron chi connectivity index (χ4n) is 2.28. The van der Waals surface area contributed by atoms with Crippen LogP contribution >= 0.6 is 0 Å². The van der Waals surface area contributed by atoms with E-state index in [2.05, 4.69) is 10.6 Å². The molecular formula is C21H26N2O3. The van der Waals surface area contributed by atoms with Gasteiger partial charge < -0.3 is 15.4 Å². The fourth-order valence-corrected chi connectivity index (χ4v) is 2.28. The first-order valence-electron chi connectivity index (χ1n) is 8.65. The highest BCUT2D eigenvalue weighted by molar-refractivity contribution is 6.04. The first kappa shape index (κ1) is 19.5. The highest BCUT2D eigenvalue weighted by Gasteiger charge is 2.15. The molecule has 0 bridgehead atoms. The van der Waals surface area contributed by atoms with Gasteiger partial charge in [-0.2, -0.15) is 0 Å². The number of amides is 2. The lowest BCUT2D eigenvalue weighted by Gasteiger charge is -2.20. The molecule has 2 N–H and O–H groups in total. The Morgan fingerprint density at radius 1 is 0.846 bits per heavy atom. The molecule has 0 aromatic heterocycles. The third-order valence-corrected chi connectivity index (χ3v) is 3.38. The molecule has 0 heterocycles. The lowest BCUT2D eigenvalue weighted by atomic mass is 10.1. The van der Waals surface area contributed by atoms with Gasteiger partial charge in [-0.1, -0.05) is 0 Å². The smallest absolute Gasteiger partial charge is 0.255 e. The minimum absolute atomic E-state index is 0.0867. The summed E-state index contributed by atoms with van der Waals surface area (Å²) < 4.78 is 5.57. The van der Waals surface area contributed by atoms with Gasteiger partial charge in [0.15, 0.2) is 0 Å². The van der Waals surface area contributed by atoms with Gasteiger partial charge in [-0.25, -0.2) is 0 Å². The summed E-state index contributed by atoms with van der Waals surface area (Å²) in [5.74, 6) is 0.370. The summed E-state index contributed by atoms with van der Waals surface area (Å²) in [6.45, 7) is 9.68. The van der Waals surface area contributed by atoms with Crippen LogP contribution in [-0.2, 0) is 0 Å². The SMILES string of the molecule is CC(C)Oc1ccc(C(=O)Nc2ccc(C(=O)NC(C)(C)C)cc2)cc1. The Morgan fingerprint density at radius 3 is 1.85 bits per heavy atom. The molecule has 0 fully saturated rings. The Balaban J connectivity index is 2.00. The van der Waals surface area contributed by atoms with E-state index in [1.807, 2.05) is 34.6 Å². The lowest BCUT2D eigenvalue weighted by Crippen LogP contribution is -2.40. The quantitative estimate of drug-likeness (QED) is 0.843. The number of ether oxygens (including phenoxy) is 1. The van der Waals surface area contributed by atoms with Crippen LogP contribution in [0.25, 0.3) is 0 Å². The lowest BCUT2D eigenvalue weighted by molar-refractivity contribution is 0.0919. The summed E-state index contributed by atoms with van der Waals surface area (Å²) >= 11 is 0. The molecular weight excluding hydrogens is 328 g/mol. The Kier molecular flexibility index (Phi) is 6.03. The highest BCUT2D eigenvalue weighted by atomic mass is 16.5.